The van der Waals surface area contributed by atoms with E-state index in [1.54, 1.807) is 12.4 Å². The van der Waals surface area contributed by atoms with Crippen LogP contribution >= 0.6 is 0 Å². The molecule has 9 heteroatoms. The van der Waals surface area contributed by atoms with Gasteiger partial charge in [0.05, 0.1) is 23.9 Å². The van der Waals surface area contributed by atoms with E-state index < -0.39 is 11.6 Å². The highest BCUT2D eigenvalue weighted by Gasteiger charge is 2.44. The van der Waals surface area contributed by atoms with E-state index in [9.17, 15) is 9.90 Å². The average molecular weight is 378 g/mol. The van der Waals surface area contributed by atoms with Gasteiger partial charge in [-0.25, -0.2) is 14.8 Å². The van der Waals surface area contributed by atoms with Crippen molar-refractivity contribution in [3.8, 4) is 17.1 Å². The fourth-order valence-corrected chi connectivity index (χ4v) is 3.20. The summed E-state index contributed by atoms with van der Waals surface area (Å²) in [6.07, 6.45) is 4.02. The van der Waals surface area contributed by atoms with Gasteiger partial charge in [0.15, 0.2) is 16.9 Å². The van der Waals surface area contributed by atoms with Crippen LogP contribution in [0.25, 0.3) is 33.5 Å². The molecule has 0 aliphatic heterocycles. The first-order valence-electron chi connectivity index (χ1n) is 8.97. The number of ether oxygens (including phenoxy) is 1. The summed E-state index contributed by atoms with van der Waals surface area (Å²) >= 11 is 0. The fraction of sp³-hybridized carbons (Fsp3) is 0.263. The van der Waals surface area contributed by atoms with Crippen LogP contribution in [0.4, 0.5) is 4.79 Å². The minimum atomic E-state index is -0.625. The lowest BCUT2D eigenvalue weighted by Crippen LogP contribution is -2.41. The van der Waals surface area contributed by atoms with E-state index in [1.165, 1.54) is 0 Å². The van der Waals surface area contributed by atoms with Crippen LogP contribution in [0, 0.1) is 6.92 Å². The maximum absolute atomic E-state index is 12.2. The summed E-state index contributed by atoms with van der Waals surface area (Å²) in [5, 5.41) is 20.4. The van der Waals surface area contributed by atoms with Crippen LogP contribution in [0.5, 0.6) is 5.75 Å². The Kier molecular flexibility index (Phi) is 3.59. The normalized spacial score (nSPS) is 15.1. The van der Waals surface area contributed by atoms with Gasteiger partial charge >= 0.3 is 6.09 Å². The quantitative estimate of drug-likeness (QED) is 0.432. The Bertz CT molecular complexity index is 1210. The molecule has 9 nitrogen and oxygen atoms in total. The Morgan fingerprint density at radius 2 is 2.25 bits per heavy atom. The van der Waals surface area contributed by atoms with Crippen molar-refractivity contribution < 1.29 is 14.6 Å². The topological polar surface area (TPSA) is 129 Å². The number of aliphatic hydroxyl groups excluding tert-OH is 1. The van der Waals surface area contributed by atoms with Crippen LogP contribution in [0.1, 0.15) is 18.4 Å². The van der Waals surface area contributed by atoms with E-state index in [4.69, 9.17) is 4.74 Å². The standard InChI is InChI=1S/C19H18N6O3/c1-10-2-3-11-12(6-10)24-25-15(11)13-7-20-17-16(22-13)14(8-21-17)28-18(27)23-19(9-26)4-5-19/h2-3,6-8,26H,4-5,9H2,1H3,(H,20,21)(H,23,27)(H,24,25). The molecule has 0 saturated heterocycles. The van der Waals surface area contributed by atoms with Crippen LogP contribution in [-0.2, 0) is 0 Å². The van der Waals surface area contributed by atoms with E-state index in [0.29, 0.717) is 22.6 Å². The predicted molar refractivity (Wildman–Crippen MR) is 102 cm³/mol. The zero-order valence-corrected chi connectivity index (χ0v) is 15.1. The highest BCUT2D eigenvalue weighted by atomic mass is 16.6. The zero-order valence-electron chi connectivity index (χ0n) is 15.1. The lowest BCUT2D eigenvalue weighted by Gasteiger charge is -2.13. The smallest absolute Gasteiger partial charge is 0.406 e. The molecule has 1 aliphatic rings. The van der Waals surface area contributed by atoms with E-state index in [0.717, 1.165) is 29.3 Å². The van der Waals surface area contributed by atoms with Gasteiger partial charge in [0.25, 0.3) is 0 Å². The predicted octanol–water partition coefficient (Wildman–Crippen LogP) is 2.42. The highest BCUT2D eigenvalue weighted by molar-refractivity contribution is 5.93. The second-order valence-corrected chi connectivity index (χ2v) is 7.18. The van der Waals surface area contributed by atoms with Gasteiger partial charge in [-0.1, -0.05) is 12.1 Å². The summed E-state index contributed by atoms with van der Waals surface area (Å²) in [6.45, 7) is 1.91. The molecule has 3 heterocycles. The third-order valence-corrected chi connectivity index (χ3v) is 5.03. The van der Waals surface area contributed by atoms with Crippen molar-refractivity contribution in [2.45, 2.75) is 25.3 Å². The average Bonchev–Trinajstić information content (AvgIpc) is 3.16. The van der Waals surface area contributed by atoms with Gasteiger partial charge in [-0.2, -0.15) is 5.10 Å². The van der Waals surface area contributed by atoms with Gasteiger partial charge < -0.3 is 20.1 Å². The van der Waals surface area contributed by atoms with Gasteiger partial charge in [-0.15, -0.1) is 0 Å². The molecule has 0 atom stereocenters. The minimum absolute atomic E-state index is 0.106. The molecule has 1 aliphatic carbocycles. The summed E-state index contributed by atoms with van der Waals surface area (Å²) in [4.78, 5) is 24.1. The molecular formula is C19H18N6O3. The molecule has 4 N–H and O–H groups in total. The SMILES string of the molecule is Cc1ccc2c(-c3cnc4[nH]cc(OC(=O)NC5(CO)CC5)c4n3)n[nH]c2c1. The van der Waals surface area contributed by atoms with Gasteiger partial charge in [-0.3, -0.25) is 5.10 Å². The molecule has 0 radical (unpaired) electrons. The van der Waals surface area contributed by atoms with Gasteiger partial charge in [-0.05, 0) is 31.4 Å². The fourth-order valence-electron chi connectivity index (χ4n) is 3.20. The summed E-state index contributed by atoms with van der Waals surface area (Å²) in [5.74, 6) is 0.270. The van der Waals surface area contributed by atoms with Crippen LogP contribution in [0.15, 0.2) is 30.6 Å². The molecule has 142 valence electrons. The lowest BCUT2D eigenvalue weighted by atomic mass is 10.1. The molecule has 0 spiro atoms. The zero-order chi connectivity index (χ0) is 19.3. The molecule has 0 unspecified atom stereocenters. The molecule has 28 heavy (non-hydrogen) atoms. The summed E-state index contributed by atoms with van der Waals surface area (Å²) < 4.78 is 5.40. The molecule has 1 saturated carbocycles. The number of H-pyrrole nitrogens is 2. The second kappa shape index (κ2) is 6.03. The number of amides is 1. The molecule has 0 bridgehead atoms. The summed E-state index contributed by atoms with van der Waals surface area (Å²) in [5.41, 5.74) is 3.69. The van der Waals surface area contributed by atoms with Crippen LogP contribution in [-0.4, -0.2) is 48.5 Å². The number of aliphatic hydroxyl groups is 1. The number of nitrogens with zero attached hydrogens (tertiary/aromatic N) is 3. The molecule has 4 aromatic rings. The Hall–Kier alpha value is -3.46. The third kappa shape index (κ3) is 2.76. The second-order valence-electron chi connectivity index (χ2n) is 7.18. The number of carbonyl (C=O) groups is 1. The van der Waals surface area contributed by atoms with Crippen molar-refractivity contribution in [1.82, 2.24) is 30.5 Å². The number of nitrogens with one attached hydrogen (secondary N) is 3. The van der Waals surface area contributed by atoms with E-state index in [-0.39, 0.29) is 12.4 Å². The Morgan fingerprint density at radius 1 is 1.39 bits per heavy atom. The summed E-state index contributed by atoms with van der Waals surface area (Å²) in [6, 6.07) is 6.01. The monoisotopic (exact) mass is 378 g/mol. The van der Waals surface area contributed by atoms with Crippen molar-refractivity contribution in [1.29, 1.82) is 0 Å². The number of carbonyl (C=O) groups excluding carboxylic acids is 1. The van der Waals surface area contributed by atoms with Crippen LogP contribution in [0.2, 0.25) is 0 Å². The number of hydrogen-bond donors (Lipinski definition) is 4. The lowest BCUT2D eigenvalue weighted by molar-refractivity contribution is 0.179. The molecule has 1 amide bonds. The van der Waals surface area contributed by atoms with E-state index in [2.05, 4.69) is 30.5 Å². The van der Waals surface area contributed by atoms with Gasteiger partial charge in [0.1, 0.15) is 11.4 Å². The Morgan fingerprint density at radius 3 is 3.04 bits per heavy atom. The number of benzene rings is 1. The molecule has 1 aromatic carbocycles. The Balaban J connectivity index is 1.48. The van der Waals surface area contributed by atoms with Crippen molar-refractivity contribution in [3.05, 3.63) is 36.2 Å². The molecular weight excluding hydrogens is 360 g/mol. The maximum Gasteiger partial charge on any atom is 0.413 e. The first-order chi connectivity index (χ1) is 13.6. The van der Waals surface area contributed by atoms with E-state index >= 15 is 0 Å². The van der Waals surface area contributed by atoms with Crippen LogP contribution in [0.3, 0.4) is 0 Å². The van der Waals surface area contributed by atoms with Crippen molar-refractivity contribution >= 4 is 28.2 Å². The van der Waals surface area contributed by atoms with Crippen molar-refractivity contribution in [2.75, 3.05) is 6.61 Å². The number of hydrogen-bond acceptors (Lipinski definition) is 6. The largest absolute Gasteiger partial charge is 0.413 e. The first-order valence-corrected chi connectivity index (χ1v) is 8.97. The van der Waals surface area contributed by atoms with Crippen molar-refractivity contribution in [3.63, 3.8) is 0 Å². The summed E-state index contributed by atoms with van der Waals surface area (Å²) in [7, 11) is 0. The maximum atomic E-state index is 12.2. The van der Waals surface area contributed by atoms with Crippen LogP contribution < -0.4 is 10.1 Å². The number of rotatable bonds is 4. The third-order valence-electron chi connectivity index (χ3n) is 5.03. The van der Waals surface area contributed by atoms with Crippen molar-refractivity contribution in [2.24, 2.45) is 0 Å². The molecule has 5 rings (SSSR count). The molecule has 1 fully saturated rings. The number of aryl methyl sites for hydroxylation is 1. The highest BCUT2D eigenvalue weighted by Crippen LogP contribution is 2.35. The number of fused-ring (bicyclic) bond motifs is 2. The number of aromatic nitrogens is 5. The Labute approximate surface area is 159 Å². The molecule has 3 aromatic heterocycles. The van der Waals surface area contributed by atoms with Gasteiger partial charge in [0, 0.05) is 11.6 Å². The van der Waals surface area contributed by atoms with E-state index in [1.807, 2.05) is 25.1 Å². The number of aromatic amines is 2. The minimum Gasteiger partial charge on any atom is -0.406 e. The first kappa shape index (κ1) is 16.7. The van der Waals surface area contributed by atoms with Gasteiger partial charge in [0.2, 0.25) is 0 Å².